The van der Waals surface area contributed by atoms with Gasteiger partial charge >= 0.3 is 12.0 Å². The number of imide groups is 1. The smallest absolute Gasteiger partial charge is 0.350 e. The molecule has 0 aliphatic heterocycles. The molecule has 26 heavy (non-hydrogen) atoms. The fourth-order valence-corrected chi connectivity index (χ4v) is 4.38. The molecular weight excluding hydrogens is 376 g/mol. The largest absolute Gasteiger partial charge is 0.451 e. The van der Waals surface area contributed by atoms with E-state index in [0.29, 0.717) is 5.02 Å². The molecule has 2 aromatic rings. The van der Waals surface area contributed by atoms with E-state index in [1.807, 2.05) is 24.3 Å². The number of esters is 1. The van der Waals surface area contributed by atoms with Gasteiger partial charge in [0.25, 0.3) is 5.91 Å². The number of amides is 3. The number of hydrogen-bond donors (Lipinski definition) is 2. The summed E-state index contributed by atoms with van der Waals surface area (Å²) in [4.78, 5) is 36.0. The molecule has 8 heteroatoms. The third-order valence-electron chi connectivity index (χ3n) is 4.25. The highest BCUT2D eigenvalue weighted by molar-refractivity contribution is 7.21. The Kier molecular flexibility index (Phi) is 6.11. The molecule has 138 valence electrons. The summed E-state index contributed by atoms with van der Waals surface area (Å²) < 4.78 is 5.85. The number of ether oxygens (including phenoxy) is 1. The van der Waals surface area contributed by atoms with Crippen LogP contribution >= 0.6 is 22.9 Å². The predicted octanol–water partition coefficient (Wildman–Crippen LogP) is 3.87. The van der Waals surface area contributed by atoms with Crippen LogP contribution in [0.15, 0.2) is 24.3 Å². The van der Waals surface area contributed by atoms with Gasteiger partial charge in [0.1, 0.15) is 4.88 Å². The van der Waals surface area contributed by atoms with E-state index in [-0.39, 0.29) is 10.9 Å². The van der Waals surface area contributed by atoms with E-state index in [4.69, 9.17) is 16.3 Å². The van der Waals surface area contributed by atoms with Gasteiger partial charge in [-0.15, -0.1) is 11.3 Å². The highest BCUT2D eigenvalue weighted by Gasteiger charge is 2.20. The fraction of sp³-hybridized carbons (Fsp3) is 0.389. The molecule has 1 saturated carbocycles. The molecule has 0 bridgehead atoms. The van der Waals surface area contributed by atoms with Crippen molar-refractivity contribution < 1.29 is 19.1 Å². The Bertz CT molecular complexity index is 830. The Morgan fingerprint density at radius 3 is 2.62 bits per heavy atom. The van der Waals surface area contributed by atoms with Crippen LogP contribution in [0.5, 0.6) is 0 Å². The molecule has 0 saturated heterocycles. The van der Waals surface area contributed by atoms with Crippen LogP contribution in [-0.2, 0) is 9.53 Å². The monoisotopic (exact) mass is 394 g/mol. The first-order chi connectivity index (χ1) is 12.5. The van der Waals surface area contributed by atoms with E-state index in [1.54, 1.807) is 0 Å². The maximum absolute atomic E-state index is 12.2. The second-order valence-electron chi connectivity index (χ2n) is 6.17. The lowest BCUT2D eigenvalue weighted by molar-refractivity contribution is -0.123. The summed E-state index contributed by atoms with van der Waals surface area (Å²) in [5.74, 6) is -1.36. The number of carbonyl (C=O) groups is 3. The summed E-state index contributed by atoms with van der Waals surface area (Å²) in [6, 6.07) is 6.88. The van der Waals surface area contributed by atoms with E-state index in [1.165, 1.54) is 17.8 Å². The maximum Gasteiger partial charge on any atom is 0.350 e. The zero-order valence-electron chi connectivity index (χ0n) is 14.0. The molecule has 1 aromatic carbocycles. The highest BCUT2D eigenvalue weighted by atomic mass is 35.5. The molecule has 0 spiro atoms. The molecule has 2 N–H and O–H groups in total. The van der Waals surface area contributed by atoms with Crippen molar-refractivity contribution in [1.29, 1.82) is 0 Å². The average Bonchev–Trinajstić information content (AvgIpc) is 2.98. The van der Waals surface area contributed by atoms with Crippen molar-refractivity contribution in [3.8, 4) is 0 Å². The third-order valence-corrected chi connectivity index (χ3v) is 5.90. The third kappa shape index (κ3) is 4.53. The minimum absolute atomic E-state index is 0.0939. The van der Waals surface area contributed by atoms with Crippen LogP contribution < -0.4 is 10.6 Å². The van der Waals surface area contributed by atoms with Gasteiger partial charge in [0.2, 0.25) is 0 Å². The van der Waals surface area contributed by atoms with Crippen molar-refractivity contribution in [2.75, 3.05) is 6.61 Å². The van der Waals surface area contributed by atoms with Gasteiger partial charge in [-0.05, 0) is 18.9 Å². The first kappa shape index (κ1) is 18.7. The maximum atomic E-state index is 12.2. The van der Waals surface area contributed by atoms with Crippen molar-refractivity contribution in [1.82, 2.24) is 10.6 Å². The van der Waals surface area contributed by atoms with Gasteiger partial charge in [-0.25, -0.2) is 9.59 Å². The van der Waals surface area contributed by atoms with Crippen molar-refractivity contribution in [2.45, 2.75) is 38.1 Å². The van der Waals surface area contributed by atoms with Gasteiger partial charge in [-0.3, -0.25) is 10.1 Å². The molecule has 6 nitrogen and oxygen atoms in total. The van der Waals surface area contributed by atoms with Crippen molar-refractivity contribution in [3.63, 3.8) is 0 Å². The molecule has 3 amide bonds. The van der Waals surface area contributed by atoms with Crippen LogP contribution in [0.25, 0.3) is 10.1 Å². The molecular formula is C18H19ClN2O4S. The number of carbonyl (C=O) groups excluding carboxylic acids is 3. The van der Waals surface area contributed by atoms with Gasteiger partial charge in [-0.1, -0.05) is 49.1 Å². The van der Waals surface area contributed by atoms with Crippen LogP contribution in [-0.4, -0.2) is 30.6 Å². The first-order valence-corrected chi connectivity index (χ1v) is 9.68. The number of urea groups is 1. The fourth-order valence-electron chi connectivity index (χ4n) is 2.97. The van der Waals surface area contributed by atoms with E-state index in [2.05, 4.69) is 10.6 Å². The number of rotatable bonds is 4. The molecule has 1 aliphatic rings. The lowest BCUT2D eigenvalue weighted by Crippen LogP contribution is -2.46. The molecule has 1 aliphatic carbocycles. The van der Waals surface area contributed by atoms with Gasteiger partial charge in [-0.2, -0.15) is 0 Å². The van der Waals surface area contributed by atoms with Crippen LogP contribution in [0.2, 0.25) is 5.02 Å². The van der Waals surface area contributed by atoms with E-state index < -0.39 is 24.5 Å². The van der Waals surface area contributed by atoms with Gasteiger partial charge < -0.3 is 10.1 Å². The van der Waals surface area contributed by atoms with Gasteiger partial charge in [0.05, 0.1) is 5.02 Å². The highest BCUT2D eigenvalue weighted by Crippen LogP contribution is 2.35. The Hall–Kier alpha value is -2.12. The predicted molar refractivity (Wildman–Crippen MR) is 101 cm³/mol. The Balaban J connectivity index is 1.49. The summed E-state index contributed by atoms with van der Waals surface area (Å²) in [5.41, 5.74) is 0. The second-order valence-corrected chi connectivity index (χ2v) is 7.60. The summed E-state index contributed by atoms with van der Waals surface area (Å²) >= 11 is 7.41. The SMILES string of the molecule is O=C(COC(=O)c1sc2ccccc2c1Cl)NC(=O)NC1CCCCC1. The number of thiophene rings is 1. The molecule has 1 aromatic heterocycles. The first-order valence-electron chi connectivity index (χ1n) is 8.49. The molecule has 0 radical (unpaired) electrons. The normalized spacial score (nSPS) is 14.8. The van der Waals surface area contributed by atoms with E-state index in [9.17, 15) is 14.4 Å². The molecule has 3 rings (SSSR count). The molecule has 0 atom stereocenters. The Labute approximate surface area is 159 Å². The number of nitrogens with one attached hydrogen (secondary N) is 2. The quantitative estimate of drug-likeness (QED) is 0.771. The van der Waals surface area contributed by atoms with Crippen molar-refractivity contribution in [2.24, 2.45) is 0 Å². The lowest BCUT2D eigenvalue weighted by atomic mass is 9.96. The number of hydrogen-bond acceptors (Lipinski definition) is 5. The minimum Gasteiger partial charge on any atom is -0.451 e. The Morgan fingerprint density at radius 1 is 1.15 bits per heavy atom. The van der Waals surface area contributed by atoms with Crippen LogP contribution in [0.4, 0.5) is 4.79 Å². The second kappa shape index (κ2) is 8.51. The zero-order valence-corrected chi connectivity index (χ0v) is 15.6. The van der Waals surface area contributed by atoms with E-state index >= 15 is 0 Å². The summed E-state index contributed by atoms with van der Waals surface area (Å²) in [7, 11) is 0. The molecule has 1 fully saturated rings. The topological polar surface area (TPSA) is 84.5 Å². The van der Waals surface area contributed by atoms with Gasteiger partial charge in [0, 0.05) is 16.1 Å². The average molecular weight is 395 g/mol. The summed E-state index contributed by atoms with van der Waals surface area (Å²) in [5, 5.41) is 6.02. The number of halogens is 1. The van der Waals surface area contributed by atoms with Crippen LogP contribution in [0, 0.1) is 0 Å². The van der Waals surface area contributed by atoms with Crippen LogP contribution in [0.1, 0.15) is 41.8 Å². The molecule has 0 unspecified atom stereocenters. The number of fused-ring (bicyclic) bond motifs is 1. The van der Waals surface area contributed by atoms with Crippen molar-refractivity contribution in [3.05, 3.63) is 34.2 Å². The molecule has 1 heterocycles. The standard InChI is InChI=1S/C18H19ClN2O4S/c19-15-12-8-4-5-9-13(12)26-16(15)17(23)25-10-14(22)21-18(24)20-11-6-2-1-3-7-11/h4-5,8-9,11H,1-3,6-7,10H2,(H2,20,21,22,24). The summed E-state index contributed by atoms with van der Waals surface area (Å²) in [6.45, 7) is -0.540. The minimum atomic E-state index is -0.681. The van der Waals surface area contributed by atoms with E-state index in [0.717, 1.165) is 35.8 Å². The number of benzene rings is 1. The van der Waals surface area contributed by atoms with Crippen molar-refractivity contribution >= 4 is 50.9 Å². The zero-order chi connectivity index (χ0) is 18.5. The lowest BCUT2D eigenvalue weighted by Gasteiger charge is -2.22. The van der Waals surface area contributed by atoms with Crippen LogP contribution in [0.3, 0.4) is 0 Å². The summed E-state index contributed by atoms with van der Waals surface area (Å²) in [6.07, 6.45) is 5.16. The Morgan fingerprint density at radius 2 is 1.88 bits per heavy atom. The van der Waals surface area contributed by atoms with Gasteiger partial charge in [0.15, 0.2) is 6.61 Å².